The molecule has 0 aliphatic heterocycles. The average molecular weight is 578 g/mol. The number of nitrogens with zero attached hydrogens (tertiary/aromatic N) is 4. The fraction of sp³-hybridized carbons (Fsp3) is 0.152. The van der Waals surface area contributed by atoms with Gasteiger partial charge in [-0.05, 0) is 55.3 Å². The van der Waals surface area contributed by atoms with Crippen LogP contribution < -0.4 is 14.9 Å². The number of hydrazone groups is 1. The van der Waals surface area contributed by atoms with Crippen molar-refractivity contribution >= 4 is 23.9 Å². The van der Waals surface area contributed by atoms with E-state index in [0.29, 0.717) is 29.1 Å². The maximum atomic E-state index is 12.7. The molecule has 0 bridgehead atoms. The number of thioether (sulfide) groups is 1. The topological polar surface area (TPSA) is 90.6 Å². The second-order valence-electron chi connectivity index (χ2n) is 9.61. The molecule has 1 amide bonds. The summed E-state index contributed by atoms with van der Waals surface area (Å²) in [7, 11) is 1.59. The first kappa shape index (κ1) is 28.6. The summed E-state index contributed by atoms with van der Waals surface area (Å²) >= 11 is 1.30. The highest BCUT2D eigenvalue weighted by Crippen LogP contribution is 2.29. The van der Waals surface area contributed by atoms with Crippen molar-refractivity contribution in [2.24, 2.45) is 5.10 Å². The van der Waals surface area contributed by atoms with Crippen LogP contribution in [0.25, 0.3) is 17.1 Å². The number of rotatable bonds is 11. The Hall–Kier alpha value is -4.89. The van der Waals surface area contributed by atoms with Crippen molar-refractivity contribution in [3.63, 3.8) is 0 Å². The Morgan fingerprint density at radius 2 is 1.62 bits per heavy atom. The number of aryl methyl sites for hydroxylation is 2. The van der Waals surface area contributed by atoms with E-state index in [4.69, 9.17) is 9.47 Å². The van der Waals surface area contributed by atoms with Gasteiger partial charge in [-0.15, -0.1) is 10.2 Å². The van der Waals surface area contributed by atoms with E-state index in [1.165, 1.54) is 11.8 Å². The number of ether oxygens (including phenoxy) is 2. The molecular formula is C33H31N5O3S. The largest absolute Gasteiger partial charge is 0.493 e. The molecule has 0 aliphatic carbocycles. The molecule has 0 saturated heterocycles. The molecule has 0 saturated carbocycles. The van der Waals surface area contributed by atoms with E-state index < -0.39 is 0 Å². The van der Waals surface area contributed by atoms with Crippen molar-refractivity contribution in [2.45, 2.75) is 25.6 Å². The minimum atomic E-state index is -0.263. The van der Waals surface area contributed by atoms with Gasteiger partial charge in [0.05, 0.1) is 19.1 Å². The van der Waals surface area contributed by atoms with Gasteiger partial charge in [0, 0.05) is 11.3 Å². The van der Waals surface area contributed by atoms with Crippen LogP contribution in [0, 0.1) is 13.8 Å². The molecule has 4 aromatic carbocycles. The third-order valence-electron chi connectivity index (χ3n) is 6.40. The number of carbonyl (C=O) groups is 1. The molecule has 5 aromatic rings. The van der Waals surface area contributed by atoms with Gasteiger partial charge in [-0.1, -0.05) is 89.6 Å². The number of methoxy groups -OCH3 is 1. The first-order valence-electron chi connectivity index (χ1n) is 13.4. The van der Waals surface area contributed by atoms with Gasteiger partial charge < -0.3 is 9.47 Å². The van der Waals surface area contributed by atoms with E-state index in [2.05, 4.69) is 20.7 Å². The van der Waals surface area contributed by atoms with Crippen molar-refractivity contribution in [2.75, 3.05) is 12.9 Å². The maximum absolute atomic E-state index is 12.7. The maximum Gasteiger partial charge on any atom is 0.250 e. The van der Waals surface area contributed by atoms with E-state index in [9.17, 15) is 4.79 Å². The minimum Gasteiger partial charge on any atom is -0.493 e. The lowest BCUT2D eigenvalue weighted by molar-refractivity contribution is -0.118. The summed E-state index contributed by atoms with van der Waals surface area (Å²) in [5, 5.41) is 13.6. The highest BCUT2D eigenvalue weighted by molar-refractivity contribution is 7.99. The molecule has 42 heavy (non-hydrogen) atoms. The van der Waals surface area contributed by atoms with Gasteiger partial charge in [-0.2, -0.15) is 5.10 Å². The molecule has 212 valence electrons. The van der Waals surface area contributed by atoms with Gasteiger partial charge in [0.15, 0.2) is 22.5 Å². The number of benzene rings is 4. The molecule has 9 heteroatoms. The molecule has 5 rings (SSSR count). The van der Waals surface area contributed by atoms with Crippen LogP contribution in [0.3, 0.4) is 0 Å². The second kappa shape index (κ2) is 13.6. The van der Waals surface area contributed by atoms with Crippen molar-refractivity contribution < 1.29 is 14.3 Å². The summed E-state index contributed by atoms with van der Waals surface area (Å²) in [5.41, 5.74) is 8.60. The van der Waals surface area contributed by atoms with Crippen LogP contribution in [0.4, 0.5) is 0 Å². The highest BCUT2D eigenvalue weighted by Gasteiger charge is 2.17. The Labute approximate surface area is 249 Å². The Morgan fingerprint density at radius 3 is 2.33 bits per heavy atom. The van der Waals surface area contributed by atoms with Crippen LogP contribution in [-0.4, -0.2) is 39.7 Å². The summed E-state index contributed by atoms with van der Waals surface area (Å²) in [6.07, 6.45) is 1.57. The standard InChI is InChI=1S/C33H31N5O3S/c1-23-9-14-27(15-10-23)32-36-37-33(38(32)28-16-11-24(2)12-17-28)42-22-31(39)35-34-20-26-13-18-29(30(19-26)40-3)41-21-25-7-5-4-6-8-25/h4-20H,21-22H2,1-3H3,(H,35,39)/b34-20+. The molecule has 0 aliphatic rings. The lowest BCUT2D eigenvalue weighted by atomic mass is 10.1. The molecule has 1 aromatic heterocycles. The lowest BCUT2D eigenvalue weighted by Crippen LogP contribution is -2.20. The number of hydrogen-bond donors (Lipinski definition) is 1. The number of nitrogens with one attached hydrogen (secondary N) is 1. The smallest absolute Gasteiger partial charge is 0.250 e. The molecule has 0 fully saturated rings. The van der Waals surface area contributed by atoms with E-state index in [-0.39, 0.29) is 11.7 Å². The van der Waals surface area contributed by atoms with E-state index in [0.717, 1.165) is 33.5 Å². The minimum absolute atomic E-state index is 0.116. The summed E-state index contributed by atoms with van der Waals surface area (Å²) < 4.78 is 13.4. The monoisotopic (exact) mass is 577 g/mol. The molecule has 1 heterocycles. The van der Waals surface area contributed by atoms with Crippen LogP contribution in [-0.2, 0) is 11.4 Å². The van der Waals surface area contributed by atoms with Gasteiger partial charge in [0.2, 0.25) is 0 Å². The predicted octanol–water partition coefficient (Wildman–Crippen LogP) is 6.38. The van der Waals surface area contributed by atoms with E-state index in [1.807, 2.05) is 109 Å². The summed E-state index contributed by atoms with van der Waals surface area (Å²) in [6, 6.07) is 31.7. The first-order chi connectivity index (χ1) is 20.5. The van der Waals surface area contributed by atoms with Gasteiger partial charge in [0.25, 0.3) is 5.91 Å². The van der Waals surface area contributed by atoms with Gasteiger partial charge in [-0.3, -0.25) is 9.36 Å². The van der Waals surface area contributed by atoms with Crippen LogP contribution in [0.1, 0.15) is 22.3 Å². The highest BCUT2D eigenvalue weighted by atomic mass is 32.2. The number of aromatic nitrogens is 3. The Balaban J connectivity index is 1.23. The molecule has 0 atom stereocenters. The predicted molar refractivity (Wildman–Crippen MR) is 166 cm³/mol. The Morgan fingerprint density at radius 1 is 0.905 bits per heavy atom. The zero-order valence-electron chi connectivity index (χ0n) is 23.7. The zero-order valence-corrected chi connectivity index (χ0v) is 24.5. The number of amides is 1. The van der Waals surface area contributed by atoms with E-state index >= 15 is 0 Å². The molecule has 0 radical (unpaired) electrons. The lowest BCUT2D eigenvalue weighted by Gasteiger charge is -2.11. The third-order valence-corrected chi connectivity index (χ3v) is 7.32. The van der Waals surface area contributed by atoms with Gasteiger partial charge in [-0.25, -0.2) is 5.43 Å². The molecule has 1 N–H and O–H groups in total. The summed E-state index contributed by atoms with van der Waals surface area (Å²) in [5.74, 6) is 1.77. The molecule has 8 nitrogen and oxygen atoms in total. The second-order valence-corrected chi connectivity index (χ2v) is 10.6. The van der Waals surface area contributed by atoms with Crippen LogP contribution in [0.2, 0.25) is 0 Å². The summed E-state index contributed by atoms with van der Waals surface area (Å²) in [4.78, 5) is 12.7. The Kier molecular flexibility index (Phi) is 9.30. The van der Waals surface area contributed by atoms with Crippen LogP contribution in [0.15, 0.2) is 107 Å². The number of carbonyl (C=O) groups excluding carboxylic acids is 1. The Bertz CT molecular complexity index is 1670. The molecular weight excluding hydrogens is 546 g/mol. The van der Waals surface area contributed by atoms with Crippen molar-refractivity contribution in [3.8, 4) is 28.6 Å². The zero-order chi connectivity index (χ0) is 29.3. The normalized spacial score (nSPS) is 11.0. The van der Waals surface area contributed by atoms with Gasteiger partial charge >= 0.3 is 0 Å². The van der Waals surface area contributed by atoms with Crippen LogP contribution >= 0.6 is 11.8 Å². The van der Waals surface area contributed by atoms with Crippen molar-refractivity contribution in [1.29, 1.82) is 0 Å². The van der Waals surface area contributed by atoms with E-state index in [1.54, 1.807) is 19.4 Å². The first-order valence-corrected chi connectivity index (χ1v) is 14.4. The average Bonchev–Trinajstić information content (AvgIpc) is 3.44. The molecule has 0 unspecified atom stereocenters. The van der Waals surface area contributed by atoms with Crippen LogP contribution in [0.5, 0.6) is 11.5 Å². The van der Waals surface area contributed by atoms with Crippen molar-refractivity contribution in [3.05, 3.63) is 119 Å². The fourth-order valence-electron chi connectivity index (χ4n) is 4.14. The molecule has 0 spiro atoms. The summed E-state index contributed by atoms with van der Waals surface area (Å²) in [6.45, 7) is 4.52. The third kappa shape index (κ3) is 7.24. The quantitative estimate of drug-likeness (QED) is 0.111. The van der Waals surface area contributed by atoms with Gasteiger partial charge in [0.1, 0.15) is 6.61 Å². The number of hydrogen-bond acceptors (Lipinski definition) is 7. The van der Waals surface area contributed by atoms with Crippen molar-refractivity contribution in [1.82, 2.24) is 20.2 Å². The fourth-order valence-corrected chi connectivity index (χ4v) is 4.88. The SMILES string of the molecule is COc1cc(/C=N/NC(=O)CSc2nnc(-c3ccc(C)cc3)n2-c2ccc(C)cc2)ccc1OCc1ccccc1.